The lowest BCUT2D eigenvalue weighted by Gasteiger charge is -2.38. The van der Waals surface area contributed by atoms with Crippen LogP contribution >= 0.6 is 24.0 Å². The van der Waals surface area contributed by atoms with Crippen molar-refractivity contribution in [3.63, 3.8) is 0 Å². The molecule has 0 aliphatic carbocycles. The van der Waals surface area contributed by atoms with E-state index in [9.17, 15) is 0 Å². The fraction of sp³-hybridized carbons (Fsp3) is 0.632. The summed E-state index contributed by atoms with van der Waals surface area (Å²) in [6, 6.07) is 11.6. The minimum atomic E-state index is 0. The van der Waals surface area contributed by atoms with E-state index in [0.29, 0.717) is 12.1 Å². The fourth-order valence-electron chi connectivity index (χ4n) is 3.12. The summed E-state index contributed by atoms with van der Waals surface area (Å²) in [5.74, 6) is 0.885. The Kier molecular flexibility index (Phi) is 11.1. The van der Waals surface area contributed by atoms with Crippen LogP contribution in [0.4, 0.5) is 0 Å². The second-order valence-electron chi connectivity index (χ2n) is 6.48. The molecule has 1 fully saturated rings. The third kappa shape index (κ3) is 7.92. The summed E-state index contributed by atoms with van der Waals surface area (Å²) in [6.45, 7) is 8.98. The zero-order valence-electron chi connectivity index (χ0n) is 15.7. The van der Waals surface area contributed by atoms with E-state index in [-0.39, 0.29) is 24.0 Å². The molecule has 0 spiro atoms. The third-order valence-electron chi connectivity index (χ3n) is 4.55. The van der Waals surface area contributed by atoms with Crippen LogP contribution in [0, 0.1) is 0 Å². The smallest absolute Gasteiger partial charge is 0.191 e. The van der Waals surface area contributed by atoms with Crippen LogP contribution in [0.25, 0.3) is 0 Å². The number of halogens is 1. The van der Waals surface area contributed by atoms with Crippen LogP contribution in [0.2, 0.25) is 0 Å². The van der Waals surface area contributed by atoms with Crippen molar-refractivity contribution in [2.24, 2.45) is 4.99 Å². The number of aryl methyl sites for hydroxylation is 1. The zero-order valence-corrected chi connectivity index (χ0v) is 18.0. The van der Waals surface area contributed by atoms with Crippen molar-refractivity contribution in [2.45, 2.75) is 38.8 Å². The van der Waals surface area contributed by atoms with Gasteiger partial charge in [-0.1, -0.05) is 30.3 Å². The van der Waals surface area contributed by atoms with E-state index in [1.54, 1.807) is 0 Å². The Labute approximate surface area is 169 Å². The van der Waals surface area contributed by atoms with Crippen molar-refractivity contribution in [3.05, 3.63) is 35.9 Å². The Morgan fingerprint density at radius 3 is 2.76 bits per heavy atom. The van der Waals surface area contributed by atoms with Gasteiger partial charge in [-0.2, -0.15) is 0 Å². The number of nitrogens with one attached hydrogen (secondary N) is 2. The number of benzene rings is 1. The van der Waals surface area contributed by atoms with Gasteiger partial charge in [-0.05, 0) is 32.3 Å². The Morgan fingerprint density at radius 2 is 2.08 bits per heavy atom. The van der Waals surface area contributed by atoms with Gasteiger partial charge in [0.15, 0.2) is 5.96 Å². The second-order valence-corrected chi connectivity index (χ2v) is 6.48. The number of hydrogen-bond acceptors (Lipinski definition) is 3. The zero-order chi connectivity index (χ0) is 17.2. The van der Waals surface area contributed by atoms with Crippen molar-refractivity contribution >= 4 is 29.9 Å². The molecule has 1 saturated heterocycles. The average Bonchev–Trinajstić information content (AvgIpc) is 2.62. The monoisotopic (exact) mass is 460 g/mol. The molecule has 0 amide bonds. The summed E-state index contributed by atoms with van der Waals surface area (Å²) in [4.78, 5) is 6.82. The summed E-state index contributed by atoms with van der Waals surface area (Å²) in [5.41, 5.74) is 1.39. The van der Waals surface area contributed by atoms with Gasteiger partial charge in [0.2, 0.25) is 0 Å². The molecular weight excluding hydrogens is 427 g/mol. The summed E-state index contributed by atoms with van der Waals surface area (Å²) in [6.07, 6.45) is 2.19. The van der Waals surface area contributed by atoms with Gasteiger partial charge in [-0.25, -0.2) is 0 Å². The lowest BCUT2D eigenvalue weighted by molar-refractivity contribution is -0.0174. The predicted molar refractivity (Wildman–Crippen MR) is 116 cm³/mol. The molecule has 25 heavy (non-hydrogen) atoms. The molecule has 0 bridgehead atoms. The van der Waals surface area contributed by atoms with Gasteiger partial charge in [-0.3, -0.25) is 9.89 Å². The van der Waals surface area contributed by atoms with Crippen molar-refractivity contribution in [1.29, 1.82) is 0 Å². The molecule has 0 radical (unpaired) electrons. The number of guanidine groups is 1. The highest BCUT2D eigenvalue weighted by atomic mass is 127. The maximum absolute atomic E-state index is 5.51. The Morgan fingerprint density at radius 1 is 1.32 bits per heavy atom. The van der Waals surface area contributed by atoms with Crippen LogP contribution in [0.3, 0.4) is 0 Å². The molecule has 1 aliphatic heterocycles. The SMILES string of the molecule is CN=C(NCCCc1ccccc1)NCC(C)N1CCOCC1C.I. The highest BCUT2D eigenvalue weighted by molar-refractivity contribution is 14.0. The Bertz CT molecular complexity index is 497. The minimum absolute atomic E-state index is 0. The average molecular weight is 460 g/mol. The van der Waals surface area contributed by atoms with Gasteiger partial charge in [0, 0.05) is 38.8 Å². The van der Waals surface area contributed by atoms with Crippen LogP contribution < -0.4 is 10.6 Å². The molecule has 1 aliphatic rings. The van der Waals surface area contributed by atoms with Crippen LogP contribution in [-0.4, -0.2) is 62.8 Å². The number of nitrogens with zero attached hydrogens (tertiary/aromatic N) is 2. The van der Waals surface area contributed by atoms with Crippen molar-refractivity contribution in [2.75, 3.05) is 39.9 Å². The van der Waals surface area contributed by atoms with Crippen LogP contribution in [0.1, 0.15) is 25.8 Å². The first-order valence-corrected chi connectivity index (χ1v) is 9.02. The number of rotatable bonds is 7. The van der Waals surface area contributed by atoms with E-state index < -0.39 is 0 Å². The molecule has 1 heterocycles. The summed E-state index contributed by atoms with van der Waals surface area (Å²) >= 11 is 0. The molecule has 2 atom stereocenters. The number of ether oxygens (including phenoxy) is 1. The molecule has 2 N–H and O–H groups in total. The maximum atomic E-state index is 5.51. The van der Waals surface area contributed by atoms with Crippen molar-refractivity contribution < 1.29 is 4.74 Å². The molecule has 1 aromatic carbocycles. The van der Waals surface area contributed by atoms with E-state index in [0.717, 1.165) is 51.6 Å². The Hall–Kier alpha value is -0.860. The molecule has 2 unspecified atom stereocenters. The number of morpholine rings is 1. The first-order valence-electron chi connectivity index (χ1n) is 9.02. The predicted octanol–water partition coefficient (Wildman–Crippen LogP) is 2.51. The minimum Gasteiger partial charge on any atom is -0.379 e. The number of aliphatic imine (C=N–C) groups is 1. The van der Waals surface area contributed by atoms with Crippen molar-refractivity contribution in [3.8, 4) is 0 Å². The highest BCUT2D eigenvalue weighted by Gasteiger charge is 2.23. The second kappa shape index (κ2) is 12.5. The van der Waals surface area contributed by atoms with Gasteiger partial charge in [0.05, 0.1) is 13.2 Å². The molecule has 0 aromatic heterocycles. The molecular formula is C19H33IN4O. The van der Waals surface area contributed by atoms with Gasteiger partial charge in [0.1, 0.15) is 0 Å². The van der Waals surface area contributed by atoms with Crippen LogP contribution in [-0.2, 0) is 11.2 Å². The maximum Gasteiger partial charge on any atom is 0.191 e. The Balaban J connectivity index is 0.00000312. The normalized spacial score (nSPS) is 19.8. The van der Waals surface area contributed by atoms with Gasteiger partial charge < -0.3 is 15.4 Å². The van der Waals surface area contributed by atoms with Crippen LogP contribution in [0.15, 0.2) is 35.3 Å². The summed E-state index contributed by atoms with van der Waals surface area (Å²) < 4.78 is 5.51. The molecule has 0 saturated carbocycles. The topological polar surface area (TPSA) is 48.9 Å². The standard InChI is InChI=1S/C19H32N4O.HI/c1-16(23-12-13-24-15-17(23)2)14-22-19(20-3)21-11-7-10-18-8-5-4-6-9-18;/h4-6,8-9,16-17H,7,10-15H2,1-3H3,(H2,20,21,22);1H. The molecule has 2 rings (SSSR count). The summed E-state index contributed by atoms with van der Waals surface area (Å²) in [7, 11) is 1.83. The first kappa shape index (κ1) is 22.2. The number of hydrogen-bond donors (Lipinski definition) is 2. The van der Waals surface area contributed by atoms with Crippen molar-refractivity contribution in [1.82, 2.24) is 15.5 Å². The highest BCUT2D eigenvalue weighted by Crippen LogP contribution is 2.10. The summed E-state index contributed by atoms with van der Waals surface area (Å²) in [5, 5.41) is 6.85. The fourth-order valence-corrected chi connectivity index (χ4v) is 3.12. The third-order valence-corrected chi connectivity index (χ3v) is 4.55. The quantitative estimate of drug-likeness (QED) is 0.284. The van der Waals surface area contributed by atoms with Gasteiger partial charge in [0.25, 0.3) is 0 Å². The van der Waals surface area contributed by atoms with Gasteiger partial charge >= 0.3 is 0 Å². The molecule has 5 nitrogen and oxygen atoms in total. The molecule has 1 aromatic rings. The van der Waals surface area contributed by atoms with E-state index in [4.69, 9.17) is 4.74 Å². The first-order chi connectivity index (χ1) is 11.7. The molecule has 6 heteroatoms. The lowest BCUT2D eigenvalue weighted by Crippen LogP contribution is -2.53. The van der Waals surface area contributed by atoms with E-state index >= 15 is 0 Å². The van der Waals surface area contributed by atoms with Crippen LogP contribution in [0.5, 0.6) is 0 Å². The lowest BCUT2D eigenvalue weighted by atomic mass is 10.1. The molecule has 142 valence electrons. The van der Waals surface area contributed by atoms with E-state index in [1.807, 2.05) is 7.05 Å². The largest absolute Gasteiger partial charge is 0.379 e. The van der Waals surface area contributed by atoms with E-state index in [1.165, 1.54) is 5.56 Å². The van der Waals surface area contributed by atoms with E-state index in [2.05, 4.69) is 64.7 Å². The van der Waals surface area contributed by atoms with Gasteiger partial charge in [-0.15, -0.1) is 24.0 Å².